The topological polar surface area (TPSA) is 173 Å². The molecular formula is C23H18N5O6S-. The highest BCUT2D eigenvalue weighted by Crippen LogP contribution is 2.29. The number of carboxylic acid groups (broad SMARTS) is 1. The highest BCUT2D eigenvalue weighted by molar-refractivity contribution is 7.92. The Hall–Kier alpha value is -4.71. The molecule has 4 rings (SSSR count). The van der Waals surface area contributed by atoms with Crippen LogP contribution in [0, 0.1) is 0 Å². The van der Waals surface area contributed by atoms with E-state index in [0.29, 0.717) is 16.7 Å². The van der Waals surface area contributed by atoms with Crippen LogP contribution in [0.15, 0.2) is 71.6 Å². The Morgan fingerprint density at radius 2 is 1.49 bits per heavy atom. The quantitative estimate of drug-likeness (QED) is 0.302. The van der Waals surface area contributed by atoms with E-state index in [1.807, 2.05) is 0 Å². The largest absolute Gasteiger partial charge is 0.872 e. The molecule has 0 bridgehead atoms. The Balaban J connectivity index is 1.72. The number of carboxylic acids is 1. The van der Waals surface area contributed by atoms with Gasteiger partial charge in [-0.15, -0.1) is 0 Å². The van der Waals surface area contributed by atoms with Gasteiger partial charge in [0.15, 0.2) is 11.6 Å². The molecule has 12 heteroatoms. The lowest BCUT2D eigenvalue weighted by molar-refractivity contribution is -0.268. The van der Waals surface area contributed by atoms with Crippen LogP contribution in [0.1, 0.15) is 17.3 Å². The summed E-state index contributed by atoms with van der Waals surface area (Å²) in [7, 11) is -4.12. The molecule has 0 unspecified atom stereocenters. The molecule has 3 aromatic carbocycles. The first-order valence-electron chi connectivity index (χ1n) is 10.1. The van der Waals surface area contributed by atoms with Gasteiger partial charge in [-0.3, -0.25) is 9.52 Å². The lowest BCUT2D eigenvalue weighted by atomic mass is 10.2. The zero-order valence-corrected chi connectivity index (χ0v) is 19.0. The van der Waals surface area contributed by atoms with Gasteiger partial charge >= 0.3 is 5.97 Å². The predicted molar refractivity (Wildman–Crippen MR) is 127 cm³/mol. The smallest absolute Gasteiger partial charge is 0.335 e. The molecule has 35 heavy (non-hydrogen) atoms. The Kier molecular flexibility index (Phi) is 6.21. The minimum atomic E-state index is -4.12. The first-order chi connectivity index (χ1) is 16.6. The van der Waals surface area contributed by atoms with Crippen LogP contribution in [-0.2, 0) is 14.8 Å². The molecule has 0 spiro atoms. The summed E-state index contributed by atoms with van der Waals surface area (Å²) in [5, 5.41) is 26.4. The number of nitrogens with one attached hydrogen (secondary N) is 3. The second-order valence-electron chi connectivity index (χ2n) is 7.36. The Morgan fingerprint density at radius 1 is 0.886 bits per heavy atom. The zero-order valence-electron chi connectivity index (χ0n) is 18.1. The maximum atomic E-state index is 13.1. The molecule has 0 aliphatic rings. The summed E-state index contributed by atoms with van der Waals surface area (Å²) in [6, 6.07) is 15.9. The van der Waals surface area contributed by atoms with Crippen molar-refractivity contribution >= 4 is 55.9 Å². The Morgan fingerprint density at radius 3 is 2.09 bits per heavy atom. The van der Waals surface area contributed by atoms with Crippen LogP contribution in [0.4, 0.5) is 23.0 Å². The van der Waals surface area contributed by atoms with Crippen molar-refractivity contribution in [2.45, 2.75) is 11.8 Å². The zero-order chi connectivity index (χ0) is 25.2. The molecule has 0 fully saturated rings. The summed E-state index contributed by atoms with van der Waals surface area (Å²) in [4.78, 5) is 31.2. The highest BCUT2D eigenvalue weighted by Gasteiger charge is 2.19. The van der Waals surface area contributed by atoms with Crippen LogP contribution >= 0.6 is 0 Å². The van der Waals surface area contributed by atoms with Crippen molar-refractivity contribution in [2.75, 3.05) is 15.4 Å². The molecule has 11 nitrogen and oxygen atoms in total. The number of rotatable bonds is 7. The fraction of sp³-hybridized carbons (Fsp3) is 0.0435. The molecule has 178 valence electrons. The van der Waals surface area contributed by atoms with E-state index in [2.05, 4.69) is 25.3 Å². The average molecular weight is 492 g/mol. The molecular weight excluding hydrogens is 474 g/mol. The molecule has 0 aliphatic carbocycles. The van der Waals surface area contributed by atoms with Crippen molar-refractivity contribution in [3.8, 4) is 5.75 Å². The van der Waals surface area contributed by atoms with Crippen LogP contribution in [0.3, 0.4) is 0 Å². The van der Waals surface area contributed by atoms with Crippen molar-refractivity contribution in [1.82, 2.24) is 9.97 Å². The number of aromatic nitrogens is 2. The van der Waals surface area contributed by atoms with Gasteiger partial charge in [0.1, 0.15) is 0 Å². The monoisotopic (exact) mass is 492 g/mol. The summed E-state index contributed by atoms with van der Waals surface area (Å²) in [5.74, 6) is -2.50. The first kappa shape index (κ1) is 23.4. The number of benzene rings is 3. The molecule has 0 aliphatic heterocycles. The first-order valence-corrected chi connectivity index (χ1v) is 11.6. The van der Waals surface area contributed by atoms with Gasteiger partial charge in [0, 0.05) is 18.3 Å². The second kappa shape index (κ2) is 9.27. The summed E-state index contributed by atoms with van der Waals surface area (Å²) in [6.07, 6.45) is 0. The molecule has 0 radical (unpaired) electrons. The summed E-state index contributed by atoms with van der Waals surface area (Å²) in [6.45, 7) is 1.34. The molecule has 1 amide bonds. The van der Waals surface area contributed by atoms with Crippen LogP contribution in [0.2, 0.25) is 0 Å². The van der Waals surface area contributed by atoms with Gasteiger partial charge in [-0.05, 0) is 48.5 Å². The number of carbonyl (C=O) groups is 2. The van der Waals surface area contributed by atoms with Crippen molar-refractivity contribution in [3.63, 3.8) is 0 Å². The number of aromatic carboxylic acids is 1. The van der Waals surface area contributed by atoms with Gasteiger partial charge in [-0.1, -0.05) is 23.9 Å². The van der Waals surface area contributed by atoms with Crippen molar-refractivity contribution in [3.05, 3.63) is 72.3 Å². The number of amides is 1. The van der Waals surface area contributed by atoms with Gasteiger partial charge < -0.3 is 20.8 Å². The predicted octanol–water partition coefficient (Wildman–Crippen LogP) is 2.90. The lowest BCUT2D eigenvalue weighted by Gasteiger charge is -2.16. The SMILES string of the molecule is CC(=O)Nc1ccc(S(=O)(=O)Nc2nc3ccccc3nc2Nc2ccc([O-])c(C(=O)O)c2)cc1. The van der Waals surface area contributed by atoms with Gasteiger partial charge in [0.05, 0.1) is 21.5 Å². The van der Waals surface area contributed by atoms with Gasteiger partial charge in [-0.2, -0.15) is 0 Å². The number of fused-ring (bicyclic) bond motifs is 1. The van der Waals surface area contributed by atoms with Crippen molar-refractivity contribution in [1.29, 1.82) is 0 Å². The van der Waals surface area contributed by atoms with Crippen LogP contribution in [0.5, 0.6) is 5.75 Å². The third-order valence-corrected chi connectivity index (χ3v) is 6.11. The van der Waals surface area contributed by atoms with E-state index in [9.17, 15) is 28.2 Å². The Bertz CT molecular complexity index is 1550. The van der Waals surface area contributed by atoms with Crippen molar-refractivity contribution < 1.29 is 28.2 Å². The van der Waals surface area contributed by atoms with Crippen LogP contribution < -0.4 is 20.5 Å². The minimum absolute atomic E-state index is 0.00266. The molecule has 0 saturated carbocycles. The molecule has 1 heterocycles. The van der Waals surface area contributed by atoms with E-state index in [0.717, 1.165) is 12.1 Å². The average Bonchev–Trinajstić information content (AvgIpc) is 2.80. The molecule has 0 saturated heterocycles. The normalized spacial score (nSPS) is 11.1. The minimum Gasteiger partial charge on any atom is -0.872 e. The number of para-hydroxylation sites is 2. The summed E-state index contributed by atoms with van der Waals surface area (Å²) < 4.78 is 28.5. The molecule has 4 N–H and O–H groups in total. The number of hydrogen-bond donors (Lipinski definition) is 4. The molecule has 1 aromatic heterocycles. The van der Waals surface area contributed by atoms with Crippen LogP contribution in [-0.4, -0.2) is 35.4 Å². The molecule has 4 aromatic rings. The maximum Gasteiger partial charge on any atom is 0.335 e. The summed E-state index contributed by atoms with van der Waals surface area (Å²) in [5.41, 5.74) is 1.05. The third kappa shape index (κ3) is 5.28. The lowest BCUT2D eigenvalue weighted by Crippen LogP contribution is -2.16. The number of hydrogen-bond acceptors (Lipinski definition) is 8. The van der Waals surface area contributed by atoms with Crippen molar-refractivity contribution in [2.24, 2.45) is 0 Å². The van der Waals surface area contributed by atoms with E-state index in [1.54, 1.807) is 24.3 Å². The summed E-state index contributed by atoms with van der Waals surface area (Å²) >= 11 is 0. The van der Waals surface area contributed by atoms with E-state index < -0.39 is 27.3 Å². The van der Waals surface area contributed by atoms with E-state index in [-0.39, 0.29) is 28.1 Å². The fourth-order valence-electron chi connectivity index (χ4n) is 3.18. The van der Waals surface area contributed by atoms with E-state index in [4.69, 9.17) is 0 Å². The van der Waals surface area contributed by atoms with Gasteiger partial charge in [0.25, 0.3) is 10.0 Å². The van der Waals surface area contributed by atoms with E-state index in [1.165, 1.54) is 37.3 Å². The number of nitrogens with zero attached hydrogens (tertiary/aromatic N) is 2. The maximum absolute atomic E-state index is 13.1. The molecule has 0 atom stereocenters. The second-order valence-corrected chi connectivity index (χ2v) is 9.04. The van der Waals surface area contributed by atoms with Crippen LogP contribution in [0.25, 0.3) is 11.0 Å². The van der Waals surface area contributed by atoms with Gasteiger partial charge in [0.2, 0.25) is 5.91 Å². The van der Waals surface area contributed by atoms with E-state index >= 15 is 0 Å². The highest BCUT2D eigenvalue weighted by atomic mass is 32.2. The fourth-order valence-corrected chi connectivity index (χ4v) is 4.19. The Labute approximate surface area is 199 Å². The number of carbonyl (C=O) groups excluding carboxylic acids is 1. The van der Waals surface area contributed by atoms with Gasteiger partial charge in [-0.25, -0.2) is 23.2 Å². The standard InChI is InChI=1S/C23H19N5O6S/c1-13(29)24-14-6-9-16(10-7-14)35(33,34)28-22-21(26-18-4-2-3-5-19(18)27-22)25-15-8-11-20(30)17(12-15)23(31)32/h2-12,30H,1H3,(H,24,29)(H,25,26)(H,27,28)(H,31,32)/p-1. The number of sulfonamides is 1. The third-order valence-electron chi connectivity index (χ3n) is 4.76. The number of anilines is 4.